The molecule has 0 spiro atoms. The second-order valence-corrected chi connectivity index (χ2v) is 23.8. The van der Waals surface area contributed by atoms with E-state index < -0.39 is 0 Å². The Morgan fingerprint density at radius 2 is 0.772 bits per heavy atom. The minimum Gasteiger partial charge on any atom is -0.314 e. The predicted molar refractivity (Wildman–Crippen MR) is 247 cm³/mol. The quantitative estimate of drug-likeness (QED) is 0.256. The third-order valence-corrected chi connectivity index (χ3v) is 14.7. The molecule has 8 rings (SSSR count). The minimum atomic E-state index is 0.363. The molecule has 8 fully saturated rings. The minimum absolute atomic E-state index is 0.363. The Bertz CT molecular complexity index is 1060. The largest absolute Gasteiger partial charge is 0.314 e. The highest BCUT2D eigenvalue weighted by Crippen LogP contribution is 2.31. The highest BCUT2D eigenvalue weighted by Gasteiger charge is 2.33. The van der Waals surface area contributed by atoms with E-state index in [1.807, 2.05) is 0 Å². The van der Waals surface area contributed by atoms with Gasteiger partial charge in [-0.25, -0.2) is 0 Å². The fourth-order valence-electron chi connectivity index (χ4n) is 9.58. The van der Waals surface area contributed by atoms with Gasteiger partial charge < -0.3 is 20.4 Å². The Morgan fingerprint density at radius 3 is 1.14 bits per heavy atom. The van der Waals surface area contributed by atoms with E-state index in [-0.39, 0.29) is 0 Å². The molecule has 5 saturated heterocycles. The number of likely N-dealkylation sites (tertiary alicyclic amines) is 4. The lowest BCUT2D eigenvalue weighted by molar-refractivity contribution is 0.0313. The summed E-state index contributed by atoms with van der Waals surface area (Å²) in [7, 11) is 0. The molecule has 0 radical (unpaired) electrons. The molecule has 334 valence electrons. The lowest BCUT2D eigenvalue weighted by Gasteiger charge is -2.46. The zero-order valence-corrected chi connectivity index (χ0v) is 40.2. The first kappa shape index (κ1) is 47.7. The van der Waals surface area contributed by atoms with Gasteiger partial charge in [0.05, 0.1) is 0 Å². The summed E-state index contributed by atoms with van der Waals surface area (Å²) in [6.45, 7) is 46.0. The van der Waals surface area contributed by atoms with E-state index in [1.54, 1.807) is 0 Å². The average molecular weight is 799 g/mol. The highest BCUT2D eigenvalue weighted by atomic mass is 15.3. The number of hydrogen-bond donors (Lipinski definition) is 2. The SMILES string of the molecule is CC(C)(C)N1CCC(N2CCC2)CC1.CC(C)(C)N1CCC(NC2CC2)CC1.CC(C)(C)N1CCC(NCC2CC2)CC1.CC(C)(C)N1CCN(CC2CC2)CC1. The average Bonchev–Trinajstić information content (AvgIpc) is 3.95. The molecule has 0 unspecified atom stereocenters. The van der Waals surface area contributed by atoms with Crippen LogP contribution in [0.25, 0.3) is 0 Å². The fourth-order valence-corrected chi connectivity index (χ4v) is 9.58. The van der Waals surface area contributed by atoms with E-state index in [4.69, 9.17) is 0 Å². The summed E-state index contributed by atoms with van der Waals surface area (Å²) in [5.41, 5.74) is 1.47. The van der Waals surface area contributed by atoms with Gasteiger partial charge in [-0.1, -0.05) is 0 Å². The number of piperazine rings is 1. The van der Waals surface area contributed by atoms with Gasteiger partial charge in [0, 0.05) is 118 Å². The standard InChI is InChI=1S/C13H26N2.3C12H24N2/c1-13(2,3)15-8-6-12(7-9-15)14-10-11-4-5-11;1-12(2,3)14-9-5-11(6-10-14)13-7-4-8-13;1-12(2,3)14-8-6-13(7-9-14)10-11-4-5-11;1-12(2,3)14-8-6-11(7-9-14)13-10-4-5-10/h11-12,14H,4-10H2,1-3H3;2*11H,4-10H2,1-3H3;10-11,13H,4-9H2,1-3H3. The van der Waals surface area contributed by atoms with Crippen LogP contribution in [0.2, 0.25) is 0 Å². The molecule has 0 amide bonds. The summed E-state index contributed by atoms with van der Waals surface area (Å²) in [6.07, 6.45) is 18.3. The molecule has 3 aliphatic carbocycles. The van der Waals surface area contributed by atoms with E-state index in [0.717, 1.165) is 36.0 Å². The molecule has 8 heteroatoms. The van der Waals surface area contributed by atoms with Crippen LogP contribution in [0.1, 0.15) is 167 Å². The van der Waals surface area contributed by atoms with Crippen LogP contribution in [0.4, 0.5) is 0 Å². The van der Waals surface area contributed by atoms with Crippen molar-refractivity contribution >= 4 is 0 Å². The van der Waals surface area contributed by atoms with Crippen LogP contribution in [0.5, 0.6) is 0 Å². The van der Waals surface area contributed by atoms with Crippen molar-refractivity contribution in [2.45, 2.75) is 213 Å². The molecule has 5 aliphatic heterocycles. The van der Waals surface area contributed by atoms with Crippen LogP contribution >= 0.6 is 0 Å². The van der Waals surface area contributed by atoms with Crippen molar-refractivity contribution in [1.82, 2.24) is 40.0 Å². The van der Waals surface area contributed by atoms with Crippen LogP contribution in [0.15, 0.2) is 0 Å². The number of hydrogen-bond acceptors (Lipinski definition) is 8. The molecule has 3 saturated carbocycles. The van der Waals surface area contributed by atoms with Crippen LogP contribution in [0, 0.1) is 11.8 Å². The van der Waals surface area contributed by atoms with Crippen molar-refractivity contribution < 1.29 is 0 Å². The van der Waals surface area contributed by atoms with Gasteiger partial charge in [0.2, 0.25) is 0 Å². The van der Waals surface area contributed by atoms with E-state index in [9.17, 15) is 0 Å². The second kappa shape index (κ2) is 21.2. The Morgan fingerprint density at radius 1 is 0.386 bits per heavy atom. The summed E-state index contributed by atoms with van der Waals surface area (Å²) in [5.74, 6) is 2.07. The van der Waals surface area contributed by atoms with Gasteiger partial charge in [-0.2, -0.15) is 0 Å². The van der Waals surface area contributed by atoms with Crippen molar-refractivity contribution in [3.8, 4) is 0 Å². The summed E-state index contributed by atoms with van der Waals surface area (Å²) < 4.78 is 0. The molecule has 8 nitrogen and oxygen atoms in total. The third kappa shape index (κ3) is 17.5. The maximum atomic E-state index is 3.74. The van der Waals surface area contributed by atoms with Gasteiger partial charge in [-0.05, 0) is 198 Å². The number of rotatable bonds is 8. The third-order valence-electron chi connectivity index (χ3n) is 14.7. The first-order valence-electron chi connectivity index (χ1n) is 24.7. The normalized spacial score (nSPS) is 26.7. The van der Waals surface area contributed by atoms with E-state index in [0.29, 0.717) is 22.2 Å². The van der Waals surface area contributed by atoms with Crippen molar-refractivity contribution in [2.24, 2.45) is 11.8 Å². The summed E-state index contributed by atoms with van der Waals surface area (Å²) in [4.78, 5) is 15.8. The van der Waals surface area contributed by atoms with Crippen molar-refractivity contribution in [3.05, 3.63) is 0 Å². The van der Waals surface area contributed by atoms with Gasteiger partial charge in [0.25, 0.3) is 0 Å². The predicted octanol–water partition coefficient (Wildman–Crippen LogP) is 8.02. The van der Waals surface area contributed by atoms with E-state index >= 15 is 0 Å². The van der Waals surface area contributed by atoms with Crippen LogP contribution in [0.3, 0.4) is 0 Å². The van der Waals surface area contributed by atoms with Crippen LogP contribution in [-0.4, -0.2) is 167 Å². The van der Waals surface area contributed by atoms with Crippen LogP contribution < -0.4 is 10.6 Å². The van der Waals surface area contributed by atoms with Crippen molar-refractivity contribution in [3.63, 3.8) is 0 Å². The van der Waals surface area contributed by atoms with Crippen molar-refractivity contribution in [1.29, 1.82) is 0 Å². The summed E-state index contributed by atoms with van der Waals surface area (Å²) in [5, 5.41) is 7.47. The Hall–Kier alpha value is -0.320. The second-order valence-electron chi connectivity index (χ2n) is 23.8. The number of nitrogens with one attached hydrogen (secondary N) is 2. The van der Waals surface area contributed by atoms with E-state index in [2.05, 4.69) is 123 Å². The molecule has 5 heterocycles. The molecule has 0 aromatic heterocycles. The van der Waals surface area contributed by atoms with Gasteiger partial charge in [0.15, 0.2) is 0 Å². The Balaban J connectivity index is 0.000000145. The molecule has 57 heavy (non-hydrogen) atoms. The molecular weight excluding hydrogens is 701 g/mol. The summed E-state index contributed by atoms with van der Waals surface area (Å²) >= 11 is 0. The Labute approximate surface area is 355 Å². The van der Waals surface area contributed by atoms with Gasteiger partial charge in [-0.3, -0.25) is 19.6 Å². The molecule has 0 aromatic carbocycles. The molecule has 0 aromatic rings. The lowest BCUT2D eigenvalue weighted by Crippen LogP contribution is -2.53. The van der Waals surface area contributed by atoms with Crippen LogP contribution in [-0.2, 0) is 0 Å². The molecule has 2 N–H and O–H groups in total. The zero-order chi connectivity index (χ0) is 41.4. The smallest absolute Gasteiger partial charge is 0.0126 e. The topological polar surface area (TPSA) is 43.5 Å². The zero-order valence-electron chi connectivity index (χ0n) is 40.2. The number of piperidine rings is 3. The maximum Gasteiger partial charge on any atom is 0.0126 e. The van der Waals surface area contributed by atoms with Crippen molar-refractivity contribution in [2.75, 3.05) is 91.6 Å². The summed E-state index contributed by atoms with van der Waals surface area (Å²) in [6, 6.07) is 3.38. The molecule has 0 atom stereocenters. The first-order valence-corrected chi connectivity index (χ1v) is 24.7. The first-order chi connectivity index (χ1) is 26.7. The molecule has 0 bridgehead atoms. The maximum absolute atomic E-state index is 3.74. The fraction of sp³-hybridized carbons (Fsp3) is 1.00. The molecular formula is C49H98N8. The van der Waals surface area contributed by atoms with Gasteiger partial charge >= 0.3 is 0 Å². The highest BCUT2D eigenvalue weighted by molar-refractivity contribution is 4.91. The monoisotopic (exact) mass is 799 g/mol. The molecule has 8 aliphatic rings. The number of nitrogens with zero attached hydrogens (tertiary/aromatic N) is 6. The van der Waals surface area contributed by atoms with Gasteiger partial charge in [0.1, 0.15) is 0 Å². The Kier molecular flexibility index (Phi) is 17.7. The van der Waals surface area contributed by atoms with Gasteiger partial charge in [-0.15, -0.1) is 0 Å². The lowest BCUT2D eigenvalue weighted by atomic mass is 9.95. The van der Waals surface area contributed by atoms with E-state index in [1.165, 1.54) is 175 Å².